The summed E-state index contributed by atoms with van der Waals surface area (Å²) in [6.45, 7) is 3.49. The molecule has 0 atom stereocenters. The molecule has 0 radical (unpaired) electrons. The van der Waals surface area contributed by atoms with E-state index < -0.39 is 0 Å². The van der Waals surface area contributed by atoms with Gasteiger partial charge >= 0.3 is 0 Å². The average molecular weight is 290 g/mol. The number of likely N-dealkylation sites (tertiary alicyclic amines) is 1. The van der Waals surface area contributed by atoms with E-state index in [9.17, 15) is 9.50 Å². The molecule has 1 aliphatic rings. The van der Waals surface area contributed by atoms with Gasteiger partial charge in [-0.2, -0.15) is 0 Å². The third kappa shape index (κ3) is 2.96. The first-order chi connectivity index (χ1) is 10.3. The Balaban J connectivity index is 1.87. The molecule has 0 aliphatic carbocycles. The van der Waals surface area contributed by atoms with Gasteiger partial charge in [-0.3, -0.25) is 0 Å². The zero-order valence-electron chi connectivity index (χ0n) is 11.9. The zero-order chi connectivity index (χ0) is 14.7. The topological polar surface area (TPSA) is 54.2 Å². The molecule has 0 amide bonds. The lowest BCUT2D eigenvalue weighted by molar-refractivity contribution is 0.277. The van der Waals surface area contributed by atoms with Gasteiger partial charge in [0.25, 0.3) is 0 Å². The molecule has 1 aromatic carbocycles. The molecule has 2 aromatic rings. The van der Waals surface area contributed by atoms with Gasteiger partial charge in [-0.15, -0.1) is 5.10 Å². The van der Waals surface area contributed by atoms with E-state index >= 15 is 0 Å². The van der Waals surface area contributed by atoms with Crippen LogP contribution < -0.4 is 0 Å². The van der Waals surface area contributed by atoms with Crippen LogP contribution in [-0.2, 0) is 13.2 Å². The van der Waals surface area contributed by atoms with Crippen LogP contribution in [0.1, 0.15) is 18.5 Å². The number of hydrogen-bond donors (Lipinski definition) is 1. The van der Waals surface area contributed by atoms with E-state index in [2.05, 4.69) is 15.2 Å². The molecule has 5 nitrogen and oxygen atoms in total. The first-order valence-corrected chi connectivity index (χ1v) is 7.30. The first-order valence-electron chi connectivity index (χ1n) is 7.30. The summed E-state index contributed by atoms with van der Waals surface area (Å²) < 4.78 is 15.7. The van der Waals surface area contributed by atoms with Crippen molar-refractivity contribution in [3.63, 3.8) is 0 Å². The van der Waals surface area contributed by atoms with Crippen molar-refractivity contribution in [1.82, 2.24) is 19.9 Å². The molecule has 2 heterocycles. The van der Waals surface area contributed by atoms with Gasteiger partial charge < -0.3 is 10.0 Å². The predicted molar refractivity (Wildman–Crippen MR) is 77.0 cm³/mol. The molecule has 1 fully saturated rings. The molecular weight excluding hydrogens is 271 g/mol. The minimum atomic E-state index is -0.322. The van der Waals surface area contributed by atoms with Crippen molar-refractivity contribution in [2.24, 2.45) is 0 Å². The van der Waals surface area contributed by atoms with E-state index in [1.54, 1.807) is 22.9 Å². The third-order valence-corrected chi connectivity index (χ3v) is 3.91. The maximum atomic E-state index is 14.0. The predicted octanol–water partition coefficient (Wildman–Crippen LogP) is 1.67. The molecular formula is C15H19FN4O. The lowest BCUT2D eigenvalue weighted by Gasteiger charge is -2.15. The molecule has 0 spiro atoms. The summed E-state index contributed by atoms with van der Waals surface area (Å²) in [6.07, 6.45) is 2.47. The Bertz CT molecular complexity index is 607. The fourth-order valence-corrected chi connectivity index (χ4v) is 2.80. The normalized spacial score (nSPS) is 15.7. The third-order valence-electron chi connectivity index (χ3n) is 3.91. The Labute approximate surface area is 123 Å². The quantitative estimate of drug-likeness (QED) is 0.910. The summed E-state index contributed by atoms with van der Waals surface area (Å²) in [5.74, 6) is -0.322. The molecule has 1 aromatic heterocycles. The molecule has 0 saturated carbocycles. The summed E-state index contributed by atoms with van der Waals surface area (Å²) in [5, 5.41) is 17.5. The fourth-order valence-electron chi connectivity index (χ4n) is 2.80. The number of nitrogens with zero attached hydrogens (tertiary/aromatic N) is 4. The molecule has 3 rings (SSSR count). The number of aliphatic hydroxyl groups excluding tert-OH is 1. The highest BCUT2D eigenvalue weighted by molar-refractivity contribution is 5.62. The van der Waals surface area contributed by atoms with Crippen molar-refractivity contribution in [2.75, 3.05) is 19.6 Å². The summed E-state index contributed by atoms with van der Waals surface area (Å²) in [7, 11) is 0. The Kier molecular flexibility index (Phi) is 4.26. The van der Waals surface area contributed by atoms with Crippen molar-refractivity contribution < 1.29 is 9.50 Å². The molecule has 1 aliphatic heterocycles. The van der Waals surface area contributed by atoms with Crippen LogP contribution in [0.3, 0.4) is 0 Å². The smallest absolute Gasteiger partial charge is 0.132 e. The monoisotopic (exact) mass is 290 g/mol. The van der Waals surface area contributed by atoms with Crippen molar-refractivity contribution in [1.29, 1.82) is 0 Å². The van der Waals surface area contributed by atoms with E-state index in [4.69, 9.17) is 0 Å². The number of aromatic nitrogens is 3. The van der Waals surface area contributed by atoms with Crippen LogP contribution in [0.4, 0.5) is 4.39 Å². The number of halogens is 1. The van der Waals surface area contributed by atoms with Gasteiger partial charge in [-0.05, 0) is 38.1 Å². The van der Waals surface area contributed by atoms with Gasteiger partial charge in [0, 0.05) is 12.1 Å². The SMILES string of the molecule is OCc1nnn(CCN2CCCC2)c1-c1ccccc1F. The van der Waals surface area contributed by atoms with E-state index in [-0.39, 0.29) is 12.4 Å². The Morgan fingerprint density at radius 2 is 1.90 bits per heavy atom. The number of aliphatic hydroxyl groups is 1. The molecule has 1 N–H and O–H groups in total. The van der Waals surface area contributed by atoms with Crippen molar-refractivity contribution in [2.45, 2.75) is 26.0 Å². The van der Waals surface area contributed by atoms with Crippen molar-refractivity contribution in [3.8, 4) is 11.3 Å². The number of rotatable bonds is 5. The van der Waals surface area contributed by atoms with Gasteiger partial charge in [0.1, 0.15) is 11.5 Å². The highest BCUT2D eigenvalue weighted by Gasteiger charge is 2.18. The highest BCUT2D eigenvalue weighted by atomic mass is 19.1. The van der Waals surface area contributed by atoms with Gasteiger partial charge in [-0.25, -0.2) is 9.07 Å². The second kappa shape index (κ2) is 6.32. The van der Waals surface area contributed by atoms with Crippen LogP contribution in [0, 0.1) is 5.82 Å². The molecule has 0 bridgehead atoms. The number of benzene rings is 1. The van der Waals surface area contributed by atoms with E-state index in [1.165, 1.54) is 18.9 Å². The molecule has 112 valence electrons. The number of hydrogen-bond acceptors (Lipinski definition) is 4. The van der Waals surface area contributed by atoms with E-state index in [0.29, 0.717) is 23.5 Å². The zero-order valence-corrected chi connectivity index (χ0v) is 11.9. The lowest BCUT2D eigenvalue weighted by atomic mass is 10.1. The van der Waals surface area contributed by atoms with Crippen LogP contribution in [0.5, 0.6) is 0 Å². The Morgan fingerprint density at radius 1 is 1.14 bits per heavy atom. The summed E-state index contributed by atoms with van der Waals surface area (Å²) in [5.41, 5.74) is 1.43. The summed E-state index contributed by atoms with van der Waals surface area (Å²) in [4.78, 5) is 2.37. The maximum Gasteiger partial charge on any atom is 0.132 e. The average Bonchev–Trinajstić information content (AvgIpc) is 3.14. The van der Waals surface area contributed by atoms with Gasteiger partial charge in [0.05, 0.1) is 18.8 Å². The van der Waals surface area contributed by atoms with Crippen LogP contribution in [0.2, 0.25) is 0 Å². The second-order valence-corrected chi connectivity index (χ2v) is 5.29. The van der Waals surface area contributed by atoms with Gasteiger partial charge in [0.2, 0.25) is 0 Å². The molecule has 0 unspecified atom stereocenters. The van der Waals surface area contributed by atoms with Crippen molar-refractivity contribution in [3.05, 3.63) is 35.8 Å². The molecule has 1 saturated heterocycles. The highest BCUT2D eigenvalue weighted by Crippen LogP contribution is 2.25. The van der Waals surface area contributed by atoms with Crippen LogP contribution in [0.15, 0.2) is 24.3 Å². The summed E-state index contributed by atoms with van der Waals surface area (Å²) in [6, 6.07) is 6.53. The summed E-state index contributed by atoms with van der Waals surface area (Å²) >= 11 is 0. The van der Waals surface area contributed by atoms with Crippen LogP contribution in [-0.4, -0.2) is 44.6 Å². The Hall–Kier alpha value is -1.79. The van der Waals surface area contributed by atoms with Crippen LogP contribution in [0.25, 0.3) is 11.3 Å². The Morgan fingerprint density at radius 3 is 2.62 bits per heavy atom. The van der Waals surface area contributed by atoms with E-state index in [1.807, 2.05) is 0 Å². The van der Waals surface area contributed by atoms with Crippen molar-refractivity contribution >= 4 is 0 Å². The van der Waals surface area contributed by atoms with E-state index in [0.717, 1.165) is 19.6 Å². The minimum absolute atomic E-state index is 0.243. The lowest BCUT2D eigenvalue weighted by Crippen LogP contribution is -2.24. The minimum Gasteiger partial charge on any atom is -0.390 e. The standard InChI is InChI=1S/C15H19FN4O/c16-13-6-2-1-5-12(13)15-14(11-21)17-18-20(15)10-9-19-7-3-4-8-19/h1-2,5-6,21H,3-4,7-11H2. The van der Waals surface area contributed by atoms with Gasteiger partial charge in [0.15, 0.2) is 0 Å². The molecule has 21 heavy (non-hydrogen) atoms. The molecule has 6 heteroatoms. The van der Waals surface area contributed by atoms with Gasteiger partial charge in [-0.1, -0.05) is 17.3 Å². The maximum absolute atomic E-state index is 14.0. The van der Waals surface area contributed by atoms with Crippen LogP contribution >= 0.6 is 0 Å². The first kappa shape index (κ1) is 14.2. The fraction of sp³-hybridized carbons (Fsp3) is 0.467. The second-order valence-electron chi connectivity index (χ2n) is 5.29. The largest absolute Gasteiger partial charge is 0.390 e.